The molecule has 3 aromatic carbocycles. The maximum atomic E-state index is 9.69. The molecule has 2 saturated heterocycles. The summed E-state index contributed by atoms with van der Waals surface area (Å²) in [6.07, 6.45) is 8.04. The summed E-state index contributed by atoms with van der Waals surface area (Å²) in [6, 6.07) is 27.0. The van der Waals surface area contributed by atoms with Gasteiger partial charge in [-0.15, -0.1) is 23.5 Å². The average Bonchev–Trinajstić information content (AvgIpc) is 3.10. The van der Waals surface area contributed by atoms with Crippen LogP contribution >= 0.6 is 23.5 Å². The number of hydrogen-bond acceptors (Lipinski definition) is 7. The zero-order valence-electron chi connectivity index (χ0n) is 28.7. The molecule has 47 heavy (non-hydrogen) atoms. The van der Waals surface area contributed by atoms with Crippen LogP contribution in [0.15, 0.2) is 78.9 Å². The van der Waals surface area contributed by atoms with Gasteiger partial charge in [-0.25, -0.2) is 0 Å². The Kier molecular flexibility index (Phi) is 13.4. The van der Waals surface area contributed by atoms with Gasteiger partial charge in [0.1, 0.15) is 18.1 Å². The Hall–Kier alpha value is -2.16. The van der Waals surface area contributed by atoms with E-state index in [4.69, 9.17) is 18.9 Å². The number of aliphatic hydroxyl groups is 1. The summed E-state index contributed by atoms with van der Waals surface area (Å²) in [5, 5.41) is 9.69. The third-order valence-electron chi connectivity index (χ3n) is 9.93. The van der Waals surface area contributed by atoms with Crippen LogP contribution in [0.4, 0.5) is 0 Å². The molecule has 7 heteroatoms. The van der Waals surface area contributed by atoms with Crippen molar-refractivity contribution in [3.63, 3.8) is 0 Å². The van der Waals surface area contributed by atoms with Crippen LogP contribution in [0.25, 0.3) is 0 Å². The number of unbranched alkanes of at least 4 members (excludes halogenated alkanes) is 1. The van der Waals surface area contributed by atoms with Crippen molar-refractivity contribution in [3.05, 3.63) is 95.6 Å². The normalized spacial score (nSPS) is 22.9. The summed E-state index contributed by atoms with van der Waals surface area (Å²) in [4.78, 5) is 0. The Labute approximate surface area is 291 Å². The summed E-state index contributed by atoms with van der Waals surface area (Å²) >= 11 is 4.25. The number of rotatable bonds is 16. The van der Waals surface area contributed by atoms with E-state index in [-0.39, 0.29) is 34.2 Å². The lowest BCUT2D eigenvalue weighted by molar-refractivity contribution is -0.274. The number of aryl methyl sites for hydroxylation is 1. The predicted molar refractivity (Wildman–Crippen MR) is 196 cm³/mol. The van der Waals surface area contributed by atoms with Crippen LogP contribution in [0, 0.1) is 11.3 Å². The lowest BCUT2D eigenvalue weighted by Crippen LogP contribution is -2.49. The number of thioether (sulfide) groups is 2. The van der Waals surface area contributed by atoms with Gasteiger partial charge < -0.3 is 24.1 Å². The molecule has 0 radical (unpaired) electrons. The van der Waals surface area contributed by atoms with E-state index in [9.17, 15) is 5.11 Å². The number of hydrogen-bond donors (Lipinski definition) is 1. The molecule has 2 aliphatic rings. The quantitative estimate of drug-likeness (QED) is 0.151. The minimum atomic E-state index is -0.401. The van der Waals surface area contributed by atoms with Gasteiger partial charge in [0.2, 0.25) is 0 Å². The number of benzene rings is 3. The van der Waals surface area contributed by atoms with Crippen LogP contribution in [0.1, 0.15) is 88.7 Å². The van der Waals surface area contributed by atoms with Crippen molar-refractivity contribution in [2.75, 3.05) is 25.2 Å². The van der Waals surface area contributed by atoms with Crippen molar-refractivity contribution in [1.29, 1.82) is 0 Å². The van der Waals surface area contributed by atoms with E-state index < -0.39 is 6.29 Å². The van der Waals surface area contributed by atoms with E-state index in [0.29, 0.717) is 6.61 Å². The van der Waals surface area contributed by atoms with Crippen LogP contribution in [-0.4, -0.2) is 46.6 Å². The second-order valence-corrected chi connectivity index (χ2v) is 16.7. The molecule has 0 spiro atoms. The highest BCUT2D eigenvalue weighted by molar-refractivity contribution is 8.18. The van der Waals surface area contributed by atoms with E-state index >= 15 is 0 Å². The zero-order valence-corrected chi connectivity index (χ0v) is 30.3. The predicted octanol–water partition coefficient (Wildman–Crippen LogP) is 9.86. The molecule has 5 rings (SSSR count). The van der Waals surface area contributed by atoms with Crippen LogP contribution in [0.2, 0.25) is 0 Å². The number of aliphatic hydroxyl groups excluding tert-OH is 1. The molecule has 2 heterocycles. The van der Waals surface area contributed by atoms with Crippen molar-refractivity contribution in [1.82, 2.24) is 0 Å². The molecule has 4 atom stereocenters. The monoisotopic (exact) mass is 678 g/mol. The minimum absolute atomic E-state index is 0.0410. The fraction of sp³-hybridized carbons (Fsp3) is 0.550. The van der Waals surface area contributed by atoms with Gasteiger partial charge >= 0.3 is 0 Å². The van der Waals surface area contributed by atoms with Gasteiger partial charge in [0.05, 0.1) is 23.4 Å². The topological polar surface area (TPSA) is 57.2 Å². The molecule has 0 bridgehead atoms. The van der Waals surface area contributed by atoms with Crippen molar-refractivity contribution in [3.8, 4) is 11.5 Å². The third-order valence-corrected chi connectivity index (χ3v) is 14.0. The second kappa shape index (κ2) is 17.5. The lowest BCUT2D eigenvalue weighted by Gasteiger charge is -2.52. The fourth-order valence-corrected chi connectivity index (χ4v) is 10.7. The molecule has 0 saturated carbocycles. The van der Waals surface area contributed by atoms with Gasteiger partial charge in [0, 0.05) is 18.1 Å². The molecule has 1 N–H and O–H groups in total. The SMILES string of the molecule is COc1ccc([C@H]2O[C@@H](CC3(C(C)(C)CCCO)SCCCS3)[C@H](C)[C@@H](CCCCc3cccc(OCc4ccccc4)c3)O2)cc1. The van der Waals surface area contributed by atoms with E-state index in [2.05, 4.69) is 86.8 Å². The van der Waals surface area contributed by atoms with Crippen molar-refractivity contribution in [2.24, 2.45) is 11.3 Å². The van der Waals surface area contributed by atoms with E-state index in [0.717, 1.165) is 62.0 Å². The highest BCUT2D eigenvalue weighted by Crippen LogP contribution is 2.59. The largest absolute Gasteiger partial charge is 0.497 e. The van der Waals surface area contributed by atoms with Crippen LogP contribution in [0.3, 0.4) is 0 Å². The maximum Gasteiger partial charge on any atom is 0.184 e. The molecule has 0 aliphatic carbocycles. The van der Waals surface area contributed by atoms with Crippen LogP contribution in [0.5, 0.6) is 11.5 Å². The Bertz CT molecular complexity index is 1340. The highest BCUT2D eigenvalue weighted by Gasteiger charge is 2.51. The van der Waals surface area contributed by atoms with Gasteiger partial charge in [-0.1, -0.05) is 81.8 Å². The third kappa shape index (κ3) is 9.72. The highest BCUT2D eigenvalue weighted by atomic mass is 32.2. The summed E-state index contributed by atoms with van der Waals surface area (Å²) in [5.41, 5.74) is 3.59. The van der Waals surface area contributed by atoms with Gasteiger partial charge in [-0.05, 0) is 97.3 Å². The summed E-state index contributed by atoms with van der Waals surface area (Å²) in [6.45, 7) is 7.96. The maximum absolute atomic E-state index is 9.69. The second-order valence-electron chi connectivity index (χ2n) is 13.7. The molecule has 256 valence electrons. The van der Waals surface area contributed by atoms with E-state index in [1.807, 2.05) is 36.4 Å². The molecule has 0 unspecified atom stereocenters. The smallest absolute Gasteiger partial charge is 0.184 e. The average molecular weight is 679 g/mol. The first kappa shape index (κ1) is 36.1. The van der Waals surface area contributed by atoms with Gasteiger partial charge in [0.25, 0.3) is 0 Å². The molecular formula is C40H54O5S2. The van der Waals surface area contributed by atoms with Crippen molar-refractivity contribution >= 4 is 23.5 Å². The first-order valence-electron chi connectivity index (χ1n) is 17.4. The number of ether oxygens (including phenoxy) is 4. The Morgan fingerprint density at radius 3 is 2.30 bits per heavy atom. The van der Waals surface area contributed by atoms with Crippen molar-refractivity contribution < 1.29 is 24.1 Å². The molecule has 0 amide bonds. The minimum Gasteiger partial charge on any atom is -0.497 e. The van der Waals surface area contributed by atoms with Gasteiger partial charge in [0.15, 0.2) is 6.29 Å². The number of methoxy groups -OCH3 is 1. The summed E-state index contributed by atoms with van der Waals surface area (Å²) in [5.74, 6) is 4.38. The molecule has 2 aliphatic heterocycles. The standard InChI is InChI=1S/C40H54O5S2/c1-30-36(18-9-8-13-31-16-10-17-35(27-31)43-29-32-14-6-5-7-15-32)44-38(33-19-21-34(42-4)22-20-33)45-37(30)28-40(46-25-12-26-47-40)39(2,3)23-11-24-41/h5-7,10,14-17,19-22,27,30,36-38,41H,8-9,11-13,18,23-26,28-29H2,1-4H3/t30-,36-,37+,38-/m1/s1. The summed E-state index contributed by atoms with van der Waals surface area (Å²) < 4.78 is 25.2. The van der Waals surface area contributed by atoms with Crippen LogP contribution < -0.4 is 9.47 Å². The van der Waals surface area contributed by atoms with Gasteiger partial charge in [-0.3, -0.25) is 0 Å². The van der Waals surface area contributed by atoms with Gasteiger partial charge in [-0.2, -0.15) is 0 Å². The molecular weight excluding hydrogens is 625 g/mol. The van der Waals surface area contributed by atoms with Crippen molar-refractivity contribution in [2.45, 2.75) is 101 Å². The van der Waals surface area contributed by atoms with E-state index in [1.165, 1.54) is 29.1 Å². The Morgan fingerprint density at radius 1 is 0.851 bits per heavy atom. The van der Waals surface area contributed by atoms with Crippen LogP contribution in [-0.2, 0) is 22.5 Å². The molecule has 5 nitrogen and oxygen atoms in total. The molecule has 2 fully saturated rings. The molecule has 0 aromatic heterocycles. The zero-order chi connectivity index (χ0) is 33.1. The Balaban J connectivity index is 1.25. The van der Waals surface area contributed by atoms with E-state index in [1.54, 1.807) is 7.11 Å². The first-order valence-corrected chi connectivity index (χ1v) is 19.4. The fourth-order valence-electron chi connectivity index (χ4n) is 6.86. The first-order chi connectivity index (χ1) is 22.8. The Morgan fingerprint density at radius 2 is 1.57 bits per heavy atom. The lowest BCUT2D eigenvalue weighted by atomic mass is 9.78. The molecule has 3 aromatic rings. The summed E-state index contributed by atoms with van der Waals surface area (Å²) in [7, 11) is 1.70.